The van der Waals surface area contributed by atoms with Crippen LogP contribution in [0.5, 0.6) is 0 Å². The van der Waals surface area contributed by atoms with Gasteiger partial charge in [0.2, 0.25) is 5.91 Å². The van der Waals surface area contributed by atoms with Crippen LogP contribution in [0.25, 0.3) is 0 Å². The molecule has 4 N–H and O–H groups in total. The average Bonchev–Trinajstić information content (AvgIpc) is 2.22. The van der Waals surface area contributed by atoms with Gasteiger partial charge in [-0.2, -0.15) is 0 Å². The second kappa shape index (κ2) is 6.36. The molecule has 0 rings (SSSR count). The van der Waals surface area contributed by atoms with Gasteiger partial charge in [0.25, 0.3) is 5.91 Å². The topological polar surface area (TPSA) is 98.7 Å². The summed E-state index contributed by atoms with van der Waals surface area (Å²) in [4.78, 5) is 21.8. The summed E-state index contributed by atoms with van der Waals surface area (Å²) in [6.07, 6.45) is -2.42. The Hall–Kier alpha value is -1.14. The van der Waals surface area contributed by atoms with Crippen LogP contribution in [0.4, 0.5) is 0 Å². The number of carbonyl (C=O) groups is 2. The van der Waals surface area contributed by atoms with E-state index in [0.29, 0.717) is 6.42 Å². The molecule has 6 heteroatoms. The number of amides is 2. The third-order valence-corrected chi connectivity index (χ3v) is 2.08. The molecule has 15 heavy (non-hydrogen) atoms. The van der Waals surface area contributed by atoms with Gasteiger partial charge >= 0.3 is 0 Å². The molecule has 0 aliphatic carbocycles. The van der Waals surface area contributed by atoms with Gasteiger partial charge in [-0.3, -0.25) is 9.59 Å². The van der Waals surface area contributed by atoms with Crippen LogP contribution in [0.3, 0.4) is 0 Å². The number of aliphatic hydroxyl groups is 2. The van der Waals surface area contributed by atoms with Crippen molar-refractivity contribution in [1.82, 2.24) is 10.6 Å². The summed E-state index contributed by atoms with van der Waals surface area (Å²) in [6, 6.07) is -0.630. The standard InChI is InChI=1S/C9H18N2O4/c1-4-6(11-5(2)12)7(13)8(14)9(15)10-3/h6-8,13-14H,4H2,1-3H3,(H,10,15)(H,11,12)/t6-,7+,8+/m0/s1. The van der Waals surface area contributed by atoms with Crippen molar-refractivity contribution < 1.29 is 19.8 Å². The van der Waals surface area contributed by atoms with Crippen LogP contribution in [0.1, 0.15) is 20.3 Å². The SMILES string of the molecule is CC[C@H](NC(C)=O)[C@@H](O)[C@@H](O)C(=O)NC. The molecule has 0 fully saturated rings. The number of likely N-dealkylation sites (N-methyl/N-ethyl adjacent to an activating group) is 1. The number of hydrogen-bond acceptors (Lipinski definition) is 4. The summed E-state index contributed by atoms with van der Waals surface area (Å²) in [5, 5.41) is 23.7. The fraction of sp³-hybridized carbons (Fsp3) is 0.778. The Labute approximate surface area is 88.7 Å². The monoisotopic (exact) mass is 218 g/mol. The molecule has 0 aliphatic rings. The number of rotatable bonds is 5. The molecular formula is C9H18N2O4. The van der Waals surface area contributed by atoms with Gasteiger partial charge in [-0.05, 0) is 6.42 Å². The maximum atomic E-state index is 11.0. The average molecular weight is 218 g/mol. The molecule has 0 saturated carbocycles. The molecule has 0 saturated heterocycles. The molecule has 0 radical (unpaired) electrons. The van der Waals surface area contributed by atoms with Crippen LogP contribution in [0, 0.1) is 0 Å². The van der Waals surface area contributed by atoms with E-state index in [1.807, 2.05) is 0 Å². The lowest BCUT2D eigenvalue weighted by atomic mass is 10.0. The summed E-state index contributed by atoms with van der Waals surface area (Å²) in [7, 11) is 1.36. The maximum Gasteiger partial charge on any atom is 0.251 e. The lowest BCUT2D eigenvalue weighted by Crippen LogP contribution is -2.52. The number of nitrogens with one attached hydrogen (secondary N) is 2. The highest BCUT2D eigenvalue weighted by molar-refractivity contribution is 5.81. The molecule has 0 aliphatic heterocycles. The predicted octanol–water partition coefficient (Wildman–Crippen LogP) is -1.63. The minimum atomic E-state index is -1.54. The van der Waals surface area contributed by atoms with E-state index in [-0.39, 0.29) is 5.91 Å². The number of hydrogen-bond donors (Lipinski definition) is 4. The van der Waals surface area contributed by atoms with E-state index in [9.17, 15) is 19.8 Å². The van der Waals surface area contributed by atoms with Gasteiger partial charge in [-0.15, -0.1) is 0 Å². The zero-order valence-corrected chi connectivity index (χ0v) is 9.15. The molecule has 0 bridgehead atoms. The van der Waals surface area contributed by atoms with Gasteiger partial charge < -0.3 is 20.8 Å². The summed E-state index contributed by atoms with van der Waals surface area (Å²) in [5.74, 6) is -0.990. The van der Waals surface area contributed by atoms with E-state index in [1.165, 1.54) is 14.0 Å². The van der Waals surface area contributed by atoms with Crippen LogP contribution >= 0.6 is 0 Å². The fourth-order valence-electron chi connectivity index (χ4n) is 1.21. The molecule has 3 atom stereocenters. The van der Waals surface area contributed by atoms with Gasteiger partial charge in [0.1, 0.15) is 6.10 Å². The molecule has 2 amide bonds. The third kappa shape index (κ3) is 4.26. The Morgan fingerprint density at radius 3 is 2.20 bits per heavy atom. The highest BCUT2D eigenvalue weighted by atomic mass is 16.3. The van der Waals surface area contributed by atoms with E-state index in [2.05, 4.69) is 10.6 Å². The quantitative estimate of drug-likeness (QED) is 0.445. The van der Waals surface area contributed by atoms with Gasteiger partial charge in [0, 0.05) is 14.0 Å². The second-order valence-corrected chi connectivity index (χ2v) is 3.26. The Bertz CT molecular complexity index is 232. The first kappa shape index (κ1) is 13.9. The van der Waals surface area contributed by atoms with Crippen LogP contribution in [-0.2, 0) is 9.59 Å². The second-order valence-electron chi connectivity index (χ2n) is 3.26. The molecule has 0 spiro atoms. The number of aliphatic hydroxyl groups excluding tert-OH is 2. The summed E-state index contributed by atoms with van der Waals surface area (Å²) in [6.45, 7) is 3.04. The van der Waals surface area contributed by atoms with Crippen molar-refractivity contribution in [2.24, 2.45) is 0 Å². The summed E-state index contributed by atoms with van der Waals surface area (Å²) < 4.78 is 0. The normalized spacial score (nSPS) is 16.3. The Morgan fingerprint density at radius 2 is 1.87 bits per heavy atom. The predicted molar refractivity (Wildman–Crippen MR) is 54.0 cm³/mol. The first-order chi connectivity index (χ1) is 6.93. The molecular weight excluding hydrogens is 200 g/mol. The van der Waals surface area contributed by atoms with E-state index in [0.717, 1.165) is 0 Å². The Balaban J connectivity index is 4.42. The van der Waals surface area contributed by atoms with Crippen LogP contribution in [0.15, 0.2) is 0 Å². The van der Waals surface area contributed by atoms with Crippen molar-refractivity contribution in [3.05, 3.63) is 0 Å². The highest BCUT2D eigenvalue weighted by Gasteiger charge is 2.30. The van der Waals surface area contributed by atoms with Crippen LogP contribution in [0.2, 0.25) is 0 Å². The fourth-order valence-corrected chi connectivity index (χ4v) is 1.21. The molecule has 0 aromatic carbocycles. The third-order valence-electron chi connectivity index (χ3n) is 2.08. The largest absolute Gasteiger partial charge is 0.388 e. The van der Waals surface area contributed by atoms with Crippen molar-refractivity contribution in [2.45, 2.75) is 38.5 Å². The Kier molecular flexibility index (Phi) is 5.88. The van der Waals surface area contributed by atoms with Crippen molar-refractivity contribution in [3.63, 3.8) is 0 Å². The van der Waals surface area contributed by atoms with Crippen molar-refractivity contribution in [2.75, 3.05) is 7.05 Å². The van der Waals surface area contributed by atoms with Crippen molar-refractivity contribution >= 4 is 11.8 Å². The molecule has 0 unspecified atom stereocenters. The summed E-state index contributed by atoms with van der Waals surface area (Å²) in [5.41, 5.74) is 0. The van der Waals surface area contributed by atoms with Crippen molar-refractivity contribution in [3.8, 4) is 0 Å². The number of carbonyl (C=O) groups excluding carboxylic acids is 2. The molecule has 0 aromatic rings. The van der Waals surface area contributed by atoms with Crippen LogP contribution < -0.4 is 10.6 Å². The van der Waals surface area contributed by atoms with Gasteiger partial charge in [-0.25, -0.2) is 0 Å². The lowest BCUT2D eigenvalue weighted by Gasteiger charge is -2.25. The maximum absolute atomic E-state index is 11.0. The zero-order valence-electron chi connectivity index (χ0n) is 9.15. The lowest BCUT2D eigenvalue weighted by molar-refractivity contribution is -0.137. The smallest absolute Gasteiger partial charge is 0.251 e. The zero-order chi connectivity index (χ0) is 12.0. The van der Waals surface area contributed by atoms with E-state index >= 15 is 0 Å². The first-order valence-electron chi connectivity index (χ1n) is 4.78. The molecule has 88 valence electrons. The Morgan fingerprint density at radius 1 is 1.33 bits per heavy atom. The van der Waals surface area contributed by atoms with Gasteiger partial charge in [0.15, 0.2) is 6.10 Å². The molecule has 6 nitrogen and oxygen atoms in total. The summed E-state index contributed by atoms with van der Waals surface area (Å²) >= 11 is 0. The minimum absolute atomic E-state index is 0.315. The van der Waals surface area contributed by atoms with Crippen LogP contribution in [-0.4, -0.2) is 47.3 Å². The van der Waals surface area contributed by atoms with Crippen molar-refractivity contribution in [1.29, 1.82) is 0 Å². The molecule has 0 heterocycles. The van der Waals surface area contributed by atoms with Gasteiger partial charge in [-0.1, -0.05) is 6.92 Å². The highest BCUT2D eigenvalue weighted by Crippen LogP contribution is 2.04. The molecule has 0 aromatic heterocycles. The van der Waals surface area contributed by atoms with E-state index in [4.69, 9.17) is 0 Å². The van der Waals surface area contributed by atoms with E-state index < -0.39 is 24.2 Å². The van der Waals surface area contributed by atoms with E-state index in [1.54, 1.807) is 6.92 Å². The minimum Gasteiger partial charge on any atom is -0.388 e. The van der Waals surface area contributed by atoms with Gasteiger partial charge in [0.05, 0.1) is 6.04 Å². The first-order valence-corrected chi connectivity index (χ1v) is 4.78.